The van der Waals surface area contributed by atoms with Crippen molar-refractivity contribution in [3.05, 3.63) is 13.3 Å². The molecular formula is C5H12V. The molecule has 0 aromatic carbocycles. The van der Waals surface area contributed by atoms with Crippen molar-refractivity contribution in [3.63, 3.8) is 0 Å². The normalized spacial score (nSPS) is 6.17. The second-order valence-electron chi connectivity index (χ2n) is 0.577. The van der Waals surface area contributed by atoms with Crippen molar-refractivity contribution < 1.29 is 19.9 Å². The first kappa shape index (κ1) is 9.77. The first-order chi connectivity index (χ1) is 2.83. The zero-order valence-electron chi connectivity index (χ0n) is 5.44. The van der Waals surface area contributed by atoms with E-state index in [-0.39, 0.29) is 25.5 Å². The molecule has 37 valence electrons. The first-order valence-corrected chi connectivity index (χ1v) is 1.65. The Morgan fingerprint density at radius 1 is 1.67 bits per heavy atom. The summed E-state index contributed by atoms with van der Waals surface area (Å²) in [7, 11) is 0. The molecule has 0 nitrogen and oxygen atoms in total. The van der Waals surface area contributed by atoms with E-state index in [4.69, 9.17) is 1.37 Å². The molecule has 0 fully saturated rings. The minimum absolute atomic E-state index is 0. The predicted molar refractivity (Wildman–Crippen MR) is 26.7 cm³/mol. The molecule has 0 rings (SSSR count). The van der Waals surface area contributed by atoms with Gasteiger partial charge in [0.15, 0.2) is 0 Å². The third-order valence-corrected chi connectivity index (χ3v) is 0. The van der Waals surface area contributed by atoms with E-state index in [9.17, 15) is 0 Å². The van der Waals surface area contributed by atoms with Crippen LogP contribution in [0.3, 0.4) is 0 Å². The van der Waals surface area contributed by atoms with Gasteiger partial charge in [-0.25, -0.2) is 0 Å². The number of rotatable bonds is 0. The topological polar surface area (TPSA) is 0 Å². The molecule has 0 aliphatic rings. The van der Waals surface area contributed by atoms with Gasteiger partial charge in [-0.05, 0) is 1.37 Å². The van der Waals surface area contributed by atoms with Crippen LogP contribution in [0.1, 0.15) is 22.1 Å². The molecule has 0 bridgehead atoms. The van der Waals surface area contributed by atoms with Gasteiger partial charge in [-0.1, -0.05) is 0 Å². The number of hydrogen-bond donors (Lipinski definition) is 0. The van der Waals surface area contributed by atoms with E-state index in [2.05, 4.69) is 6.92 Å². The average Bonchev–Trinajstić information content (AvgIpc) is 1.39. The van der Waals surface area contributed by atoms with Gasteiger partial charge >= 0.3 is 18.6 Å². The predicted octanol–water partition coefficient (Wildman–Crippen LogP) is 2.07. The standard InChI is InChI=1S/C3H7.C2H5.V/c1-3-2;1-2;/h3H,1-2H3;1H2,2H3;/q2*-1;+2/i;2D;. The maximum Gasteiger partial charge on any atom is 2.00 e. The molecule has 0 atom stereocenters. The van der Waals surface area contributed by atoms with E-state index >= 15 is 0 Å². The molecule has 0 amide bonds. The molecule has 0 heterocycles. The molecule has 0 saturated carbocycles. The van der Waals surface area contributed by atoms with E-state index in [1.54, 1.807) is 0 Å². The molecule has 0 aliphatic carbocycles. The third-order valence-electron chi connectivity index (χ3n) is 0. The van der Waals surface area contributed by atoms with Crippen LogP contribution in [0.25, 0.3) is 0 Å². The molecule has 1 radical (unpaired) electrons. The van der Waals surface area contributed by atoms with Gasteiger partial charge in [0.05, 0.1) is 0 Å². The molecule has 0 unspecified atom stereocenters. The summed E-state index contributed by atoms with van der Waals surface area (Å²) >= 11 is 0. The van der Waals surface area contributed by atoms with Crippen LogP contribution in [0, 0.1) is 13.3 Å². The molecule has 0 aromatic rings. The van der Waals surface area contributed by atoms with Crippen LogP contribution in [-0.4, -0.2) is 0 Å². The summed E-state index contributed by atoms with van der Waals surface area (Å²) in [5.41, 5.74) is 0. The zero-order chi connectivity index (χ0) is 5.41. The molecule has 0 aliphatic heterocycles. The van der Waals surface area contributed by atoms with Crippen LogP contribution in [-0.2, 0) is 18.6 Å². The average molecular weight is 124 g/mol. The first-order valence-electron chi connectivity index (χ1n) is 2.36. The van der Waals surface area contributed by atoms with Crippen molar-refractivity contribution in [2.24, 2.45) is 0 Å². The molecular weight excluding hydrogens is 111 g/mol. The molecule has 6 heavy (non-hydrogen) atoms. The van der Waals surface area contributed by atoms with Gasteiger partial charge in [-0.15, -0.1) is 0 Å². The van der Waals surface area contributed by atoms with E-state index < -0.39 is 0 Å². The summed E-state index contributed by atoms with van der Waals surface area (Å²) in [6.45, 7) is 7.40. The molecule has 0 saturated heterocycles. The Bertz CT molecular complexity index is 10.0. The van der Waals surface area contributed by atoms with Crippen LogP contribution in [0.5, 0.6) is 0 Å². The minimum atomic E-state index is 0. The fourth-order valence-corrected chi connectivity index (χ4v) is 0. The minimum Gasteiger partial charge on any atom is -0.346 e. The Balaban J connectivity index is -0.0000000400. The molecule has 0 N–H and O–H groups in total. The Morgan fingerprint density at radius 3 is 1.67 bits per heavy atom. The van der Waals surface area contributed by atoms with Crippen molar-refractivity contribution in [1.82, 2.24) is 0 Å². The summed E-state index contributed by atoms with van der Waals surface area (Å²) in [6, 6.07) is 0. The van der Waals surface area contributed by atoms with Gasteiger partial charge in [-0.2, -0.15) is 20.7 Å². The molecule has 0 aromatic heterocycles. The summed E-state index contributed by atoms with van der Waals surface area (Å²) in [5, 5.41) is 0. The van der Waals surface area contributed by atoms with Gasteiger partial charge in [0.2, 0.25) is 0 Å². The van der Waals surface area contributed by atoms with E-state index in [1.165, 1.54) is 0 Å². The van der Waals surface area contributed by atoms with Gasteiger partial charge in [0, 0.05) is 0 Å². The monoisotopic (exact) mass is 124 g/mol. The summed E-state index contributed by atoms with van der Waals surface area (Å²) in [4.78, 5) is 0. The van der Waals surface area contributed by atoms with Crippen molar-refractivity contribution in [2.45, 2.75) is 20.7 Å². The van der Waals surface area contributed by atoms with Gasteiger partial charge in [-0.3, -0.25) is 0 Å². The van der Waals surface area contributed by atoms with Gasteiger partial charge < -0.3 is 13.3 Å². The Labute approximate surface area is 54.6 Å². The largest absolute Gasteiger partial charge is 2.00 e. The quantitative estimate of drug-likeness (QED) is 0.433. The van der Waals surface area contributed by atoms with Gasteiger partial charge in [0.25, 0.3) is 0 Å². The molecule has 1 heteroatoms. The summed E-state index contributed by atoms with van der Waals surface area (Å²) < 4.78 is 6.10. The molecule has 0 spiro atoms. The maximum atomic E-state index is 6.10. The van der Waals surface area contributed by atoms with Crippen LogP contribution in [0.4, 0.5) is 0 Å². The fourth-order valence-electron chi connectivity index (χ4n) is 0. The van der Waals surface area contributed by atoms with E-state index in [0.29, 0.717) is 0 Å². The third kappa shape index (κ3) is 172. The van der Waals surface area contributed by atoms with Gasteiger partial charge in [0.1, 0.15) is 0 Å². The Hall–Kier alpha value is 0.584. The van der Waals surface area contributed by atoms with Crippen molar-refractivity contribution >= 4 is 0 Å². The summed E-state index contributed by atoms with van der Waals surface area (Å²) in [6.07, 6.45) is 2.00. The van der Waals surface area contributed by atoms with Crippen LogP contribution in [0.15, 0.2) is 0 Å². The Morgan fingerprint density at radius 2 is 1.67 bits per heavy atom. The second-order valence-corrected chi connectivity index (χ2v) is 0.577. The SMILES string of the molecule is C[CH-]C.[2H]C[CH2-].[V+2]. The summed E-state index contributed by atoms with van der Waals surface area (Å²) in [5.74, 6) is 0. The van der Waals surface area contributed by atoms with E-state index in [0.717, 1.165) is 0 Å². The van der Waals surface area contributed by atoms with Crippen LogP contribution < -0.4 is 0 Å². The smallest absolute Gasteiger partial charge is 0.346 e. The van der Waals surface area contributed by atoms with Crippen molar-refractivity contribution in [3.8, 4) is 0 Å². The Kier molecular flexibility index (Phi) is 76.1. The number of hydrogen-bond acceptors (Lipinski definition) is 0. The second kappa shape index (κ2) is 46.8. The van der Waals surface area contributed by atoms with E-state index in [1.807, 2.05) is 20.3 Å². The van der Waals surface area contributed by atoms with Crippen molar-refractivity contribution in [1.29, 1.82) is 0 Å². The van der Waals surface area contributed by atoms with Crippen LogP contribution in [0.2, 0.25) is 0 Å². The maximum absolute atomic E-state index is 6.10. The van der Waals surface area contributed by atoms with Crippen molar-refractivity contribution in [2.75, 3.05) is 0 Å². The zero-order valence-corrected chi connectivity index (χ0v) is 5.84. The fraction of sp³-hybridized carbons (Fsp3) is 0.600. The van der Waals surface area contributed by atoms with Crippen LogP contribution >= 0.6 is 0 Å².